The molecule has 0 unspecified atom stereocenters. The van der Waals surface area contributed by atoms with Gasteiger partial charge < -0.3 is 14.4 Å². The van der Waals surface area contributed by atoms with Crippen molar-refractivity contribution >= 4 is 5.91 Å². The van der Waals surface area contributed by atoms with Gasteiger partial charge in [0.1, 0.15) is 0 Å². The number of carbonyl (C=O) groups excluding carboxylic acids is 1. The number of rotatable bonds is 5. The molecule has 3 rings (SSSR count). The average Bonchev–Trinajstić information content (AvgIpc) is 2.70. The van der Waals surface area contributed by atoms with E-state index in [1.165, 1.54) is 11.1 Å². The Morgan fingerprint density at radius 1 is 0.889 bits per heavy atom. The van der Waals surface area contributed by atoms with Crippen molar-refractivity contribution < 1.29 is 14.3 Å². The minimum atomic E-state index is 0.129. The van der Waals surface area contributed by atoms with Crippen LogP contribution in [0.3, 0.4) is 0 Å². The Balaban J connectivity index is 1.58. The third-order valence-corrected chi connectivity index (χ3v) is 5.27. The maximum Gasteiger partial charge on any atom is 0.253 e. The zero-order valence-corrected chi connectivity index (χ0v) is 16.6. The molecule has 1 aliphatic rings. The average molecular weight is 368 g/mol. The molecule has 144 valence electrons. The third-order valence-electron chi connectivity index (χ3n) is 5.27. The van der Waals surface area contributed by atoms with Gasteiger partial charge in [-0.15, -0.1) is 0 Å². The van der Waals surface area contributed by atoms with Crippen LogP contribution >= 0.6 is 0 Å². The Morgan fingerprint density at radius 2 is 1.59 bits per heavy atom. The topological polar surface area (TPSA) is 42.0 Å². The van der Waals surface area contributed by atoms with Crippen LogP contribution in [0.1, 0.15) is 27.0 Å². The van der Waals surface area contributed by atoms with Gasteiger partial charge in [0.25, 0.3) is 5.91 Å². The van der Waals surface area contributed by atoms with E-state index in [9.17, 15) is 4.79 Å². The highest BCUT2D eigenvalue weighted by atomic mass is 16.5. The second-order valence-corrected chi connectivity index (χ2v) is 7.06. The standard InChI is InChI=1S/C22H28N2O3/c1-16-5-7-19(13-17(16)2)22(25)24-11-9-23(10-12-24)15-18-6-8-20(26-3)21(14-18)27-4/h5-8,13-14H,9-12,15H2,1-4H3. The molecule has 27 heavy (non-hydrogen) atoms. The Kier molecular flexibility index (Phi) is 6.01. The van der Waals surface area contributed by atoms with Gasteiger partial charge in [0.15, 0.2) is 11.5 Å². The van der Waals surface area contributed by atoms with Crippen molar-refractivity contribution in [2.45, 2.75) is 20.4 Å². The van der Waals surface area contributed by atoms with Crippen molar-refractivity contribution in [2.75, 3.05) is 40.4 Å². The number of ether oxygens (including phenoxy) is 2. The first-order valence-corrected chi connectivity index (χ1v) is 9.31. The molecule has 0 spiro atoms. The molecule has 0 N–H and O–H groups in total. The molecule has 1 saturated heterocycles. The first-order chi connectivity index (χ1) is 13.0. The minimum Gasteiger partial charge on any atom is -0.493 e. The first-order valence-electron chi connectivity index (χ1n) is 9.31. The van der Waals surface area contributed by atoms with Crippen molar-refractivity contribution in [2.24, 2.45) is 0 Å². The van der Waals surface area contributed by atoms with Crippen LogP contribution in [0.25, 0.3) is 0 Å². The van der Waals surface area contributed by atoms with Crippen LogP contribution in [0, 0.1) is 13.8 Å². The zero-order chi connectivity index (χ0) is 19.4. The predicted molar refractivity (Wildman–Crippen MR) is 107 cm³/mol. The number of carbonyl (C=O) groups is 1. The van der Waals surface area contributed by atoms with Crippen LogP contribution in [0.4, 0.5) is 0 Å². The smallest absolute Gasteiger partial charge is 0.253 e. The van der Waals surface area contributed by atoms with Gasteiger partial charge in [-0.1, -0.05) is 12.1 Å². The summed E-state index contributed by atoms with van der Waals surface area (Å²) in [5, 5.41) is 0. The SMILES string of the molecule is COc1ccc(CN2CCN(C(=O)c3ccc(C)c(C)c3)CC2)cc1OC. The molecule has 0 aromatic heterocycles. The normalized spacial score (nSPS) is 14.9. The van der Waals surface area contributed by atoms with Crippen molar-refractivity contribution in [1.29, 1.82) is 0 Å². The number of amides is 1. The number of methoxy groups -OCH3 is 2. The van der Waals surface area contributed by atoms with Crippen LogP contribution in [-0.4, -0.2) is 56.1 Å². The van der Waals surface area contributed by atoms with E-state index in [2.05, 4.69) is 17.9 Å². The Labute approximate surface area is 161 Å². The van der Waals surface area contributed by atoms with E-state index in [-0.39, 0.29) is 5.91 Å². The van der Waals surface area contributed by atoms with Crippen LogP contribution in [0.15, 0.2) is 36.4 Å². The molecule has 1 heterocycles. The van der Waals surface area contributed by atoms with E-state index < -0.39 is 0 Å². The summed E-state index contributed by atoms with van der Waals surface area (Å²) < 4.78 is 10.7. The van der Waals surface area contributed by atoms with Crippen molar-refractivity contribution in [1.82, 2.24) is 9.80 Å². The molecule has 0 bridgehead atoms. The van der Waals surface area contributed by atoms with Gasteiger partial charge in [0.2, 0.25) is 0 Å². The van der Waals surface area contributed by atoms with Gasteiger partial charge in [0.05, 0.1) is 14.2 Å². The van der Waals surface area contributed by atoms with E-state index in [1.54, 1.807) is 14.2 Å². The molecule has 1 aliphatic heterocycles. The Bertz CT molecular complexity index is 811. The quantitative estimate of drug-likeness (QED) is 0.812. The largest absolute Gasteiger partial charge is 0.493 e. The highest BCUT2D eigenvalue weighted by Crippen LogP contribution is 2.28. The fraction of sp³-hybridized carbons (Fsp3) is 0.409. The van der Waals surface area contributed by atoms with Crippen molar-refractivity contribution in [3.05, 3.63) is 58.7 Å². The van der Waals surface area contributed by atoms with E-state index >= 15 is 0 Å². The van der Waals surface area contributed by atoms with Gasteiger partial charge in [-0.25, -0.2) is 0 Å². The summed E-state index contributed by atoms with van der Waals surface area (Å²) in [6.45, 7) is 8.18. The van der Waals surface area contributed by atoms with E-state index in [0.717, 1.165) is 55.3 Å². The molecule has 1 amide bonds. The van der Waals surface area contributed by atoms with Gasteiger partial charge in [0, 0.05) is 38.3 Å². The number of hydrogen-bond donors (Lipinski definition) is 0. The lowest BCUT2D eigenvalue weighted by Crippen LogP contribution is -2.48. The number of piperazine rings is 1. The summed E-state index contributed by atoms with van der Waals surface area (Å²) in [5.41, 5.74) is 4.34. The van der Waals surface area contributed by atoms with Crippen LogP contribution in [-0.2, 0) is 6.54 Å². The maximum absolute atomic E-state index is 12.8. The number of aryl methyl sites for hydroxylation is 2. The first kappa shape index (κ1) is 19.2. The maximum atomic E-state index is 12.8. The van der Waals surface area contributed by atoms with Gasteiger partial charge in [-0.05, 0) is 54.8 Å². The van der Waals surface area contributed by atoms with E-state index in [0.29, 0.717) is 0 Å². The zero-order valence-electron chi connectivity index (χ0n) is 16.6. The molecule has 2 aromatic carbocycles. The van der Waals surface area contributed by atoms with Crippen molar-refractivity contribution in [3.63, 3.8) is 0 Å². The molecule has 1 fully saturated rings. The summed E-state index contributed by atoms with van der Waals surface area (Å²) in [7, 11) is 3.29. The molecule has 0 saturated carbocycles. The van der Waals surface area contributed by atoms with E-state index in [1.807, 2.05) is 42.2 Å². The van der Waals surface area contributed by atoms with Crippen LogP contribution in [0.2, 0.25) is 0 Å². The molecule has 2 aromatic rings. The van der Waals surface area contributed by atoms with Gasteiger partial charge >= 0.3 is 0 Å². The number of benzene rings is 2. The fourth-order valence-corrected chi connectivity index (χ4v) is 3.40. The second kappa shape index (κ2) is 8.44. The third kappa shape index (κ3) is 4.42. The number of nitrogens with zero attached hydrogens (tertiary/aromatic N) is 2. The van der Waals surface area contributed by atoms with Gasteiger partial charge in [-0.3, -0.25) is 9.69 Å². The lowest BCUT2D eigenvalue weighted by Gasteiger charge is -2.35. The Hall–Kier alpha value is -2.53. The summed E-state index contributed by atoms with van der Waals surface area (Å²) in [6.07, 6.45) is 0. The highest BCUT2D eigenvalue weighted by Gasteiger charge is 2.22. The fourth-order valence-electron chi connectivity index (χ4n) is 3.40. The monoisotopic (exact) mass is 368 g/mol. The molecule has 5 heteroatoms. The van der Waals surface area contributed by atoms with Crippen molar-refractivity contribution in [3.8, 4) is 11.5 Å². The molecule has 0 radical (unpaired) electrons. The van der Waals surface area contributed by atoms with E-state index in [4.69, 9.17) is 9.47 Å². The molecule has 0 aliphatic carbocycles. The number of hydrogen-bond acceptors (Lipinski definition) is 4. The van der Waals surface area contributed by atoms with Crippen LogP contribution in [0.5, 0.6) is 11.5 Å². The Morgan fingerprint density at radius 3 is 2.22 bits per heavy atom. The second-order valence-electron chi connectivity index (χ2n) is 7.06. The molecular formula is C22H28N2O3. The molecule has 0 atom stereocenters. The lowest BCUT2D eigenvalue weighted by molar-refractivity contribution is 0.0628. The van der Waals surface area contributed by atoms with Crippen LogP contribution < -0.4 is 9.47 Å². The van der Waals surface area contributed by atoms with Gasteiger partial charge in [-0.2, -0.15) is 0 Å². The lowest BCUT2D eigenvalue weighted by atomic mass is 10.1. The minimum absolute atomic E-state index is 0.129. The summed E-state index contributed by atoms with van der Waals surface area (Å²) in [6, 6.07) is 12.0. The summed E-state index contributed by atoms with van der Waals surface area (Å²) >= 11 is 0. The molecule has 5 nitrogen and oxygen atoms in total. The summed E-state index contributed by atoms with van der Waals surface area (Å²) in [5.74, 6) is 1.62. The summed E-state index contributed by atoms with van der Waals surface area (Å²) in [4.78, 5) is 17.1. The predicted octanol–water partition coefficient (Wildman–Crippen LogP) is 3.28. The highest BCUT2D eigenvalue weighted by molar-refractivity contribution is 5.94. The molecular weight excluding hydrogens is 340 g/mol.